The number of benzene rings is 1. The van der Waals surface area contributed by atoms with Gasteiger partial charge >= 0.3 is 5.97 Å². The summed E-state index contributed by atoms with van der Waals surface area (Å²) in [4.78, 5) is 14.9. The van der Waals surface area contributed by atoms with E-state index in [9.17, 15) is 4.79 Å². The highest BCUT2D eigenvalue weighted by Gasteiger charge is 2.17. The standard InChI is InChI=1S/C13H15N3O2S/c1-8-4-2-3-5-9(8)6-15-13-16-10(7-19-13)11(14)12(17)18/h2-5,7,11H,6,14H2,1H3,(H,15,16)(H,17,18). The Bertz CT molecular complexity index is 583. The molecule has 0 saturated carbocycles. The summed E-state index contributed by atoms with van der Waals surface area (Å²) in [6.07, 6.45) is 0. The minimum absolute atomic E-state index is 0.379. The molecule has 0 spiro atoms. The lowest BCUT2D eigenvalue weighted by molar-refractivity contribution is -0.138. The van der Waals surface area contributed by atoms with Crippen molar-refractivity contribution in [3.63, 3.8) is 0 Å². The summed E-state index contributed by atoms with van der Waals surface area (Å²) in [5, 5.41) is 14.3. The number of hydrogen-bond donors (Lipinski definition) is 3. The number of hydrogen-bond acceptors (Lipinski definition) is 5. The van der Waals surface area contributed by atoms with Crippen LogP contribution in [0.1, 0.15) is 22.9 Å². The van der Waals surface area contributed by atoms with Gasteiger partial charge in [0.05, 0.1) is 5.69 Å². The number of carboxylic acid groups (broad SMARTS) is 1. The van der Waals surface area contributed by atoms with Gasteiger partial charge < -0.3 is 16.2 Å². The molecule has 0 saturated heterocycles. The number of carboxylic acids is 1. The Hall–Kier alpha value is -1.92. The number of aromatic nitrogens is 1. The molecule has 1 unspecified atom stereocenters. The largest absolute Gasteiger partial charge is 0.480 e. The second-order valence-corrected chi connectivity index (χ2v) is 5.03. The van der Waals surface area contributed by atoms with Crippen molar-refractivity contribution >= 4 is 22.4 Å². The summed E-state index contributed by atoms with van der Waals surface area (Å²) in [5.74, 6) is -1.07. The number of nitrogens with one attached hydrogen (secondary N) is 1. The molecular weight excluding hydrogens is 262 g/mol. The van der Waals surface area contributed by atoms with Crippen LogP contribution in [0.15, 0.2) is 29.6 Å². The van der Waals surface area contributed by atoms with Gasteiger partial charge in [0.25, 0.3) is 0 Å². The molecule has 0 aliphatic carbocycles. The van der Waals surface area contributed by atoms with Crippen molar-refractivity contribution in [3.8, 4) is 0 Å². The van der Waals surface area contributed by atoms with Crippen LogP contribution in [0, 0.1) is 6.92 Å². The van der Waals surface area contributed by atoms with Crippen LogP contribution in [0.2, 0.25) is 0 Å². The van der Waals surface area contributed by atoms with Gasteiger partial charge in [-0.2, -0.15) is 0 Å². The zero-order valence-electron chi connectivity index (χ0n) is 10.5. The van der Waals surface area contributed by atoms with Gasteiger partial charge in [0, 0.05) is 11.9 Å². The Morgan fingerprint density at radius 1 is 1.53 bits per heavy atom. The van der Waals surface area contributed by atoms with Crippen LogP contribution in [0.5, 0.6) is 0 Å². The number of nitrogens with zero attached hydrogens (tertiary/aromatic N) is 1. The molecule has 1 aromatic heterocycles. The third kappa shape index (κ3) is 3.30. The third-order valence-corrected chi connectivity index (χ3v) is 3.62. The maximum absolute atomic E-state index is 10.8. The fourth-order valence-corrected chi connectivity index (χ4v) is 2.36. The number of anilines is 1. The van der Waals surface area contributed by atoms with Crippen molar-refractivity contribution in [3.05, 3.63) is 46.5 Å². The molecule has 0 radical (unpaired) electrons. The van der Waals surface area contributed by atoms with Gasteiger partial charge in [-0.25, -0.2) is 4.98 Å². The third-order valence-electron chi connectivity index (χ3n) is 2.80. The molecule has 5 nitrogen and oxygen atoms in total. The van der Waals surface area contributed by atoms with E-state index in [0.717, 1.165) is 0 Å². The second kappa shape index (κ2) is 5.81. The maximum atomic E-state index is 10.8. The smallest absolute Gasteiger partial charge is 0.326 e. The highest BCUT2D eigenvalue weighted by atomic mass is 32.1. The average Bonchev–Trinajstić information content (AvgIpc) is 2.85. The normalized spacial score (nSPS) is 12.1. The van der Waals surface area contributed by atoms with Gasteiger partial charge in [-0.3, -0.25) is 4.79 Å². The summed E-state index contributed by atoms with van der Waals surface area (Å²) in [6.45, 7) is 2.70. The highest BCUT2D eigenvalue weighted by molar-refractivity contribution is 7.13. The Morgan fingerprint density at radius 2 is 2.26 bits per heavy atom. The molecule has 0 fully saturated rings. The van der Waals surface area contributed by atoms with Crippen molar-refractivity contribution in [1.29, 1.82) is 0 Å². The Kier molecular flexibility index (Phi) is 4.13. The van der Waals surface area contributed by atoms with Crippen LogP contribution < -0.4 is 11.1 Å². The summed E-state index contributed by atoms with van der Waals surface area (Å²) >= 11 is 1.35. The van der Waals surface area contributed by atoms with E-state index >= 15 is 0 Å². The van der Waals surface area contributed by atoms with Gasteiger partial charge in [-0.15, -0.1) is 11.3 Å². The van der Waals surface area contributed by atoms with Crippen molar-refractivity contribution in [2.24, 2.45) is 5.73 Å². The van der Waals surface area contributed by atoms with Gasteiger partial charge in [0.2, 0.25) is 0 Å². The van der Waals surface area contributed by atoms with Crippen LogP contribution >= 0.6 is 11.3 Å². The van der Waals surface area contributed by atoms with Crippen molar-refractivity contribution < 1.29 is 9.90 Å². The first-order chi connectivity index (χ1) is 9.08. The number of rotatable bonds is 5. The molecular formula is C13H15N3O2S. The fraction of sp³-hybridized carbons (Fsp3) is 0.231. The Balaban J connectivity index is 2.01. The lowest BCUT2D eigenvalue weighted by atomic mass is 10.1. The minimum Gasteiger partial charge on any atom is -0.480 e. The van der Waals surface area contributed by atoms with E-state index in [1.807, 2.05) is 31.2 Å². The number of carbonyl (C=O) groups is 1. The minimum atomic E-state index is -1.07. The quantitative estimate of drug-likeness (QED) is 0.779. The molecule has 4 N–H and O–H groups in total. The fourth-order valence-electron chi connectivity index (χ4n) is 1.62. The Labute approximate surface area is 115 Å². The zero-order valence-corrected chi connectivity index (χ0v) is 11.3. The summed E-state index contributed by atoms with van der Waals surface area (Å²) in [6, 6.07) is 7.00. The maximum Gasteiger partial charge on any atom is 0.326 e. The highest BCUT2D eigenvalue weighted by Crippen LogP contribution is 2.20. The molecule has 0 bridgehead atoms. The van der Waals surface area contributed by atoms with Gasteiger partial charge in [0.1, 0.15) is 6.04 Å². The first kappa shape index (κ1) is 13.5. The summed E-state index contributed by atoms with van der Waals surface area (Å²) < 4.78 is 0. The molecule has 19 heavy (non-hydrogen) atoms. The SMILES string of the molecule is Cc1ccccc1CNc1nc(C(N)C(=O)O)cs1. The lowest BCUT2D eigenvalue weighted by Gasteiger charge is -2.06. The predicted octanol–water partition coefficient (Wildman–Crippen LogP) is 2.15. The van der Waals surface area contributed by atoms with Crippen LogP contribution in [-0.4, -0.2) is 16.1 Å². The van der Waals surface area contributed by atoms with E-state index in [0.29, 0.717) is 17.4 Å². The van der Waals surface area contributed by atoms with Gasteiger partial charge in [0.15, 0.2) is 5.13 Å². The molecule has 0 aliphatic rings. The predicted molar refractivity (Wildman–Crippen MR) is 75.2 cm³/mol. The van der Waals surface area contributed by atoms with Crippen LogP contribution in [0.3, 0.4) is 0 Å². The van der Waals surface area contributed by atoms with E-state index in [4.69, 9.17) is 10.8 Å². The molecule has 6 heteroatoms. The average molecular weight is 277 g/mol. The molecule has 0 amide bonds. The molecule has 2 rings (SSSR count). The monoisotopic (exact) mass is 277 g/mol. The summed E-state index contributed by atoms with van der Waals surface area (Å²) in [7, 11) is 0. The molecule has 1 atom stereocenters. The first-order valence-electron chi connectivity index (χ1n) is 5.80. The van der Waals surface area contributed by atoms with E-state index in [2.05, 4.69) is 10.3 Å². The van der Waals surface area contributed by atoms with E-state index < -0.39 is 12.0 Å². The topological polar surface area (TPSA) is 88.2 Å². The van der Waals surface area contributed by atoms with Gasteiger partial charge in [-0.1, -0.05) is 24.3 Å². The number of thiazole rings is 1. The van der Waals surface area contributed by atoms with E-state index in [1.165, 1.54) is 22.5 Å². The second-order valence-electron chi connectivity index (χ2n) is 4.17. The van der Waals surface area contributed by atoms with Crippen LogP contribution in [-0.2, 0) is 11.3 Å². The number of aliphatic carboxylic acids is 1. The number of nitrogens with two attached hydrogens (primary N) is 1. The summed E-state index contributed by atoms with van der Waals surface area (Å²) in [5.41, 5.74) is 8.26. The first-order valence-corrected chi connectivity index (χ1v) is 6.68. The Morgan fingerprint density at radius 3 is 2.95 bits per heavy atom. The van der Waals surface area contributed by atoms with E-state index in [-0.39, 0.29) is 0 Å². The van der Waals surface area contributed by atoms with Crippen molar-refractivity contribution in [2.45, 2.75) is 19.5 Å². The zero-order chi connectivity index (χ0) is 13.8. The number of aryl methyl sites for hydroxylation is 1. The van der Waals surface area contributed by atoms with Crippen LogP contribution in [0.25, 0.3) is 0 Å². The van der Waals surface area contributed by atoms with E-state index in [1.54, 1.807) is 5.38 Å². The van der Waals surface area contributed by atoms with Crippen molar-refractivity contribution in [1.82, 2.24) is 4.98 Å². The molecule has 100 valence electrons. The van der Waals surface area contributed by atoms with Crippen LogP contribution in [0.4, 0.5) is 5.13 Å². The molecule has 1 aromatic carbocycles. The lowest BCUT2D eigenvalue weighted by Crippen LogP contribution is -2.20. The molecule has 0 aliphatic heterocycles. The van der Waals surface area contributed by atoms with Gasteiger partial charge in [-0.05, 0) is 18.1 Å². The molecule has 1 heterocycles. The molecule has 2 aromatic rings. The van der Waals surface area contributed by atoms with Crippen molar-refractivity contribution in [2.75, 3.05) is 5.32 Å².